The van der Waals surface area contributed by atoms with E-state index in [4.69, 9.17) is 9.47 Å². The summed E-state index contributed by atoms with van der Waals surface area (Å²) in [6, 6.07) is 14.6. The fraction of sp³-hybridized carbons (Fsp3) is 0.250. The van der Waals surface area contributed by atoms with Crippen molar-refractivity contribution >= 4 is 17.2 Å². The molecule has 4 heterocycles. The van der Waals surface area contributed by atoms with Gasteiger partial charge >= 0.3 is 0 Å². The minimum absolute atomic E-state index is 0.0616. The number of halogens is 2. The number of amides is 1. The number of thiophene rings is 1. The van der Waals surface area contributed by atoms with Crippen molar-refractivity contribution in [3.05, 3.63) is 127 Å². The molecule has 6 rings (SSSR count). The fourth-order valence-corrected chi connectivity index (χ4v) is 6.15. The number of nitrogens with zero attached hydrogens (tertiary/aromatic N) is 3. The molecule has 2 aromatic heterocycles. The van der Waals surface area contributed by atoms with E-state index in [1.165, 1.54) is 29.7 Å². The van der Waals surface area contributed by atoms with E-state index in [9.17, 15) is 14.0 Å². The number of allylic oxidation sites excluding steroid dienone is 1. The Kier molecular flexibility index (Phi) is 7.80. The van der Waals surface area contributed by atoms with Gasteiger partial charge in [-0.3, -0.25) is 19.3 Å². The normalized spacial score (nSPS) is 17.7. The summed E-state index contributed by atoms with van der Waals surface area (Å²) in [4.78, 5) is 29.8. The Morgan fingerprint density at radius 2 is 1.86 bits per heavy atom. The summed E-state index contributed by atoms with van der Waals surface area (Å²) in [5, 5.41) is 3.81. The van der Waals surface area contributed by atoms with Gasteiger partial charge in [0.15, 0.2) is 23.0 Å². The molecule has 4 aromatic rings. The number of carbonyl (C=O) groups is 1. The highest BCUT2D eigenvalue weighted by Gasteiger charge is 2.39. The topological polar surface area (TPSA) is 64.0 Å². The van der Waals surface area contributed by atoms with Crippen LogP contribution in [0.3, 0.4) is 0 Å². The molecule has 2 bridgehead atoms. The van der Waals surface area contributed by atoms with Crippen LogP contribution < -0.4 is 19.9 Å². The van der Waals surface area contributed by atoms with Crippen LogP contribution in [-0.2, 0) is 6.61 Å². The second kappa shape index (κ2) is 11.8. The van der Waals surface area contributed by atoms with Gasteiger partial charge in [-0.2, -0.15) is 4.39 Å². The summed E-state index contributed by atoms with van der Waals surface area (Å²) in [6.07, 6.45) is 6.51. The molecule has 216 valence electrons. The van der Waals surface area contributed by atoms with Crippen molar-refractivity contribution in [1.82, 2.24) is 9.58 Å². The first kappa shape index (κ1) is 27.7. The summed E-state index contributed by atoms with van der Waals surface area (Å²) < 4.78 is 43.5. The molecule has 0 radical (unpaired) electrons. The summed E-state index contributed by atoms with van der Waals surface area (Å²) in [7, 11) is 0. The maximum absolute atomic E-state index is 15.4. The first-order valence-corrected chi connectivity index (χ1v) is 14.6. The standard InChI is InChI=1S/C32H29F2N3O4S/c1-21-23(14-18-42-21)28-24-11-12-25(33)27(34)30(24)40-17-8-3-2-7-15-35-20-37(28)36-16-13-26(38)31(29(36)32(35)39)41-19-22-9-5-4-6-10-22/h3-6,8-14,16,18,28H,2,7,15,17,19-20H2,1H3/b8-3+. The SMILES string of the molecule is Cc1sccc1C1c2ccc(F)c(F)c2OC/C=C/CCCN2CN1n1ccc(=O)c(OCc3ccccc3)c1C2=O. The monoisotopic (exact) mass is 589 g/mol. The summed E-state index contributed by atoms with van der Waals surface area (Å²) in [6.45, 7) is 2.67. The van der Waals surface area contributed by atoms with Crippen molar-refractivity contribution < 1.29 is 23.0 Å². The van der Waals surface area contributed by atoms with Crippen LogP contribution in [0, 0.1) is 18.6 Å². The van der Waals surface area contributed by atoms with Crippen LogP contribution in [0.25, 0.3) is 0 Å². The molecule has 0 N–H and O–H groups in total. The van der Waals surface area contributed by atoms with Gasteiger partial charge in [-0.15, -0.1) is 11.3 Å². The summed E-state index contributed by atoms with van der Waals surface area (Å²) >= 11 is 1.53. The zero-order valence-electron chi connectivity index (χ0n) is 23.0. The van der Waals surface area contributed by atoms with E-state index in [2.05, 4.69) is 0 Å². The predicted octanol–water partition coefficient (Wildman–Crippen LogP) is 5.95. The van der Waals surface area contributed by atoms with Crippen LogP contribution in [0.5, 0.6) is 11.5 Å². The van der Waals surface area contributed by atoms with E-state index in [0.29, 0.717) is 24.9 Å². The maximum Gasteiger partial charge on any atom is 0.277 e. The Hall–Kier alpha value is -4.44. The molecule has 7 nitrogen and oxygen atoms in total. The Morgan fingerprint density at radius 1 is 1.02 bits per heavy atom. The van der Waals surface area contributed by atoms with Gasteiger partial charge in [-0.1, -0.05) is 42.5 Å². The molecule has 2 aliphatic rings. The molecule has 0 aliphatic carbocycles. The number of benzene rings is 2. The molecule has 2 aromatic carbocycles. The predicted molar refractivity (Wildman–Crippen MR) is 157 cm³/mol. The van der Waals surface area contributed by atoms with Gasteiger partial charge in [0.25, 0.3) is 5.91 Å². The van der Waals surface area contributed by atoms with Crippen molar-refractivity contribution in [3.8, 4) is 11.5 Å². The van der Waals surface area contributed by atoms with Crippen LogP contribution in [-0.4, -0.2) is 35.3 Å². The van der Waals surface area contributed by atoms with Gasteiger partial charge in [0.1, 0.15) is 25.9 Å². The van der Waals surface area contributed by atoms with Crippen LogP contribution in [0.15, 0.2) is 83.1 Å². The smallest absolute Gasteiger partial charge is 0.277 e. The van der Waals surface area contributed by atoms with Crippen molar-refractivity contribution in [2.24, 2.45) is 0 Å². The molecule has 0 saturated carbocycles. The van der Waals surface area contributed by atoms with Crippen molar-refractivity contribution in [1.29, 1.82) is 0 Å². The first-order valence-electron chi connectivity index (χ1n) is 13.7. The molecular weight excluding hydrogens is 560 g/mol. The average Bonchev–Trinajstić information content (AvgIpc) is 3.42. The van der Waals surface area contributed by atoms with E-state index in [0.717, 1.165) is 22.1 Å². The lowest BCUT2D eigenvalue weighted by Gasteiger charge is -2.44. The highest BCUT2D eigenvalue weighted by molar-refractivity contribution is 7.10. The molecule has 1 atom stereocenters. The summed E-state index contributed by atoms with van der Waals surface area (Å²) in [5.41, 5.74) is 1.74. The number of carbonyl (C=O) groups excluding carboxylic acids is 1. The number of fused-ring (bicyclic) bond motifs is 5. The van der Waals surface area contributed by atoms with Gasteiger partial charge in [0, 0.05) is 29.2 Å². The minimum Gasteiger partial charge on any atom is -0.486 e. The van der Waals surface area contributed by atoms with Crippen molar-refractivity contribution in [2.45, 2.75) is 32.4 Å². The van der Waals surface area contributed by atoms with Gasteiger partial charge in [-0.25, -0.2) is 4.39 Å². The van der Waals surface area contributed by atoms with Gasteiger partial charge in [0.05, 0.1) is 0 Å². The van der Waals surface area contributed by atoms with E-state index >= 15 is 4.39 Å². The fourth-order valence-electron chi connectivity index (χ4n) is 5.42. The van der Waals surface area contributed by atoms with E-state index in [1.54, 1.807) is 15.7 Å². The largest absolute Gasteiger partial charge is 0.486 e. The van der Waals surface area contributed by atoms with Crippen LogP contribution in [0.1, 0.15) is 50.9 Å². The van der Waals surface area contributed by atoms with E-state index < -0.39 is 23.1 Å². The number of aryl methyl sites for hydroxylation is 1. The number of hydrogen-bond acceptors (Lipinski definition) is 6. The molecule has 42 heavy (non-hydrogen) atoms. The second-order valence-corrected chi connectivity index (χ2v) is 11.3. The maximum atomic E-state index is 15.4. The lowest BCUT2D eigenvalue weighted by Crippen LogP contribution is -2.56. The lowest BCUT2D eigenvalue weighted by atomic mass is 9.97. The zero-order valence-corrected chi connectivity index (χ0v) is 23.8. The average molecular weight is 590 g/mol. The van der Waals surface area contributed by atoms with Crippen LogP contribution >= 0.6 is 11.3 Å². The Balaban J connectivity index is 1.56. The van der Waals surface area contributed by atoms with Gasteiger partial charge in [0.2, 0.25) is 11.2 Å². The van der Waals surface area contributed by atoms with E-state index in [-0.39, 0.29) is 43.0 Å². The number of pyridine rings is 1. The Bertz CT molecular complexity index is 1700. The van der Waals surface area contributed by atoms with Crippen molar-refractivity contribution in [2.75, 3.05) is 24.8 Å². The summed E-state index contributed by atoms with van der Waals surface area (Å²) in [5.74, 6) is -2.69. The molecule has 10 heteroatoms. The number of hydrogen-bond donors (Lipinski definition) is 0. The van der Waals surface area contributed by atoms with Gasteiger partial charge < -0.3 is 14.4 Å². The third-order valence-electron chi connectivity index (χ3n) is 7.50. The highest BCUT2D eigenvalue weighted by Crippen LogP contribution is 2.41. The van der Waals surface area contributed by atoms with Gasteiger partial charge in [-0.05, 0) is 54.5 Å². The molecule has 1 amide bonds. The van der Waals surface area contributed by atoms with E-state index in [1.807, 2.05) is 59.8 Å². The number of rotatable bonds is 4. The minimum atomic E-state index is -1.08. The molecular formula is C32H29F2N3O4S. The molecule has 0 spiro atoms. The second-order valence-electron chi connectivity index (χ2n) is 10.2. The van der Waals surface area contributed by atoms with Crippen LogP contribution in [0.4, 0.5) is 8.78 Å². The first-order chi connectivity index (χ1) is 20.4. The number of aromatic nitrogens is 1. The van der Waals surface area contributed by atoms with Crippen LogP contribution in [0.2, 0.25) is 0 Å². The molecule has 2 aliphatic heterocycles. The quantitative estimate of drug-likeness (QED) is 0.276. The Morgan fingerprint density at radius 3 is 2.64 bits per heavy atom. The third-order valence-corrected chi connectivity index (χ3v) is 8.36. The highest BCUT2D eigenvalue weighted by atomic mass is 32.1. The van der Waals surface area contributed by atoms with Crippen molar-refractivity contribution in [3.63, 3.8) is 0 Å². The number of ether oxygens (including phenoxy) is 2. The lowest BCUT2D eigenvalue weighted by molar-refractivity contribution is 0.0674. The zero-order chi connectivity index (χ0) is 29.2. The molecule has 0 fully saturated rings. The third kappa shape index (κ3) is 5.18. The Labute approximate surface area is 245 Å². The molecule has 0 saturated heterocycles. The molecule has 1 unspecified atom stereocenters.